The number of alkyl halides is 1. The van der Waals surface area contributed by atoms with E-state index in [-0.39, 0.29) is 12.3 Å². The van der Waals surface area contributed by atoms with Crippen molar-refractivity contribution in [1.82, 2.24) is 5.32 Å². The lowest BCUT2D eigenvalue weighted by Gasteiger charge is -2.17. The van der Waals surface area contributed by atoms with E-state index in [1.807, 2.05) is 0 Å². The van der Waals surface area contributed by atoms with Crippen molar-refractivity contribution in [3.8, 4) is 0 Å². The van der Waals surface area contributed by atoms with Gasteiger partial charge >= 0.3 is 6.03 Å². The molecule has 96 valence electrons. The molecule has 1 aliphatic rings. The molecule has 1 aromatic carbocycles. The quantitative estimate of drug-likeness (QED) is 0.836. The van der Waals surface area contributed by atoms with Crippen molar-refractivity contribution in [3.63, 3.8) is 0 Å². The molecule has 6 heteroatoms. The fourth-order valence-corrected chi connectivity index (χ4v) is 2.07. The molecule has 1 aliphatic heterocycles. The lowest BCUT2D eigenvalue weighted by Crippen LogP contribution is -2.42. The normalized spacial score (nSPS) is 13.3. The minimum absolute atomic E-state index is 0.0805. The number of carbonyl (C=O) groups excluding carboxylic acids is 2. The molecule has 0 aromatic heterocycles. The van der Waals surface area contributed by atoms with Crippen LogP contribution in [0.1, 0.15) is 12.0 Å². The van der Waals surface area contributed by atoms with E-state index in [0.29, 0.717) is 18.7 Å². The van der Waals surface area contributed by atoms with Gasteiger partial charge in [-0.3, -0.25) is 15.0 Å². The lowest BCUT2D eigenvalue weighted by atomic mass is 10.2. The first-order chi connectivity index (χ1) is 8.61. The topological polar surface area (TPSA) is 49.4 Å². The summed E-state index contributed by atoms with van der Waals surface area (Å²) in [5, 5.41) is 2.22. The van der Waals surface area contributed by atoms with Crippen molar-refractivity contribution >= 4 is 29.2 Å². The van der Waals surface area contributed by atoms with Gasteiger partial charge in [0.1, 0.15) is 5.82 Å². The predicted octanol–water partition coefficient (Wildman–Crippen LogP) is 2.05. The molecule has 1 heterocycles. The second-order valence-corrected chi connectivity index (χ2v) is 4.34. The Bertz CT molecular complexity index is 493. The molecule has 0 saturated heterocycles. The fraction of sp³-hybridized carbons (Fsp3) is 0.333. The molecular weight excluding hydrogens is 259 g/mol. The fourth-order valence-electron chi connectivity index (χ4n) is 1.90. The Kier molecular flexibility index (Phi) is 3.81. The number of benzene rings is 1. The number of amides is 3. The van der Waals surface area contributed by atoms with E-state index < -0.39 is 17.8 Å². The largest absolute Gasteiger partial charge is 0.328 e. The van der Waals surface area contributed by atoms with E-state index >= 15 is 0 Å². The Morgan fingerprint density at radius 2 is 2.22 bits per heavy atom. The van der Waals surface area contributed by atoms with Crippen LogP contribution in [0.2, 0.25) is 0 Å². The van der Waals surface area contributed by atoms with Crippen LogP contribution in [-0.4, -0.2) is 24.4 Å². The monoisotopic (exact) mass is 270 g/mol. The average molecular weight is 271 g/mol. The summed E-state index contributed by atoms with van der Waals surface area (Å²) in [4.78, 5) is 24.5. The zero-order valence-corrected chi connectivity index (χ0v) is 10.3. The highest BCUT2D eigenvalue weighted by Crippen LogP contribution is 2.28. The number of hydrogen-bond acceptors (Lipinski definition) is 2. The molecule has 0 saturated carbocycles. The SMILES string of the molecule is O=C(CCCl)NC(=O)N1CCc2ccc(F)cc21. The maximum Gasteiger partial charge on any atom is 0.328 e. The van der Waals surface area contributed by atoms with Crippen LogP contribution in [0.5, 0.6) is 0 Å². The van der Waals surface area contributed by atoms with Gasteiger partial charge in [-0.15, -0.1) is 11.6 Å². The van der Waals surface area contributed by atoms with Gasteiger partial charge in [0.15, 0.2) is 0 Å². The highest BCUT2D eigenvalue weighted by molar-refractivity contribution is 6.19. The number of anilines is 1. The predicted molar refractivity (Wildman–Crippen MR) is 66.3 cm³/mol. The molecule has 3 amide bonds. The maximum atomic E-state index is 13.1. The van der Waals surface area contributed by atoms with Gasteiger partial charge in [0.05, 0.1) is 5.69 Å². The summed E-state index contributed by atoms with van der Waals surface area (Å²) in [5.74, 6) is -0.676. The smallest absolute Gasteiger partial charge is 0.293 e. The van der Waals surface area contributed by atoms with E-state index in [9.17, 15) is 14.0 Å². The molecule has 0 aliphatic carbocycles. The Balaban J connectivity index is 2.11. The number of fused-ring (bicyclic) bond motifs is 1. The van der Waals surface area contributed by atoms with Gasteiger partial charge in [0.25, 0.3) is 0 Å². The van der Waals surface area contributed by atoms with Crippen LogP contribution in [0.15, 0.2) is 18.2 Å². The summed E-state index contributed by atoms with van der Waals surface area (Å²) in [6, 6.07) is 3.78. The number of halogens is 2. The van der Waals surface area contributed by atoms with Gasteiger partial charge in [-0.25, -0.2) is 9.18 Å². The van der Waals surface area contributed by atoms with Gasteiger partial charge in [0, 0.05) is 18.8 Å². The molecule has 1 N–H and O–H groups in total. The van der Waals surface area contributed by atoms with E-state index in [1.54, 1.807) is 6.07 Å². The zero-order chi connectivity index (χ0) is 13.1. The number of urea groups is 1. The van der Waals surface area contributed by atoms with Gasteiger partial charge in [-0.2, -0.15) is 0 Å². The zero-order valence-electron chi connectivity index (χ0n) is 9.58. The summed E-state index contributed by atoms with van der Waals surface area (Å²) < 4.78 is 13.1. The highest BCUT2D eigenvalue weighted by Gasteiger charge is 2.25. The summed E-state index contributed by atoms with van der Waals surface area (Å²) in [6.07, 6.45) is 0.740. The second kappa shape index (κ2) is 5.35. The molecule has 0 radical (unpaired) electrons. The van der Waals surface area contributed by atoms with Crippen LogP contribution in [-0.2, 0) is 11.2 Å². The second-order valence-electron chi connectivity index (χ2n) is 3.97. The lowest BCUT2D eigenvalue weighted by molar-refractivity contribution is -0.119. The molecule has 0 spiro atoms. The van der Waals surface area contributed by atoms with E-state index in [0.717, 1.165) is 5.56 Å². The third-order valence-electron chi connectivity index (χ3n) is 2.76. The molecule has 0 bridgehead atoms. The van der Waals surface area contributed by atoms with Gasteiger partial charge in [-0.1, -0.05) is 6.07 Å². The van der Waals surface area contributed by atoms with Crippen LogP contribution >= 0.6 is 11.6 Å². The molecule has 2 rings (SSSR count). The summed E-state index contributed by atoms with van der Waals surface area (Å²) in [6.45, 7) is 0.443. The van der Waals surface area contributed by atoms with Crippen molar-refractivity contribution in [3.05, 3.63) is 29.6 Å². The molecule has 0 fully saturated rings. The number of carbonyl (C=O) groups is 2. The molecular formula is C12H12ClFN2O2. The van der Waals surface area contributed by atoms with Crippen molar-refractivity contribution in [2.75, 3.05) is 17.3 Å². The highest BCUT2D eigenvalue weighted by atomic mass is 35.5. The summed E-state index contributed by atoms with van der Waals surface area (Å²) >= 11 is 5.41. The number of nitrogens with zero attached hydrogens (tertiary/aromatic N) is 1. The van der Waals surface area contributed by atoms with Crippen molar-refractivity contribution in [2.24, 2.45) is 0 Å². The first kappa shape index (κ1) is 12.8. The number of nitrogens with one attached hydrogen (secondary N) is 1. The Hall–Kier alpha value is -1.62. The van der Waals surface area contributed by atoms with Gasteiger partial charge in [0.2, 0.25) is 5.91 Å². The van der Waals surface area contributed by atoms with E-state index in [4.69, 9.17) is 11.6 Å². The van der Waals surface area contributed by atoms with E-state index in [2.05, 4.69) is 5.32 Å². The Morgan fingerprint density at radius 3 is 2.94 bits per heavy atom. The summed E-state index contributed by atoms with van der Waals surface area (Å²) in [7, 11) is 0. The third kappa shape index (κ3) is 2.61. The van der Waals surface area contributed by atoms with Crippen molar-refractivity contribution in [1.29, 1.82) is 0 Å². The minimum Gasteiger partial charge on any atom is -0.293 e. The average Bonchev–Trinajstić information content (AvgIpc) is 2.71. The maximum absolute atomic E-state index is 13.1. The van der Waals surface area contributed by atoms with Gasteiger partial charge in [-0.05, 0) is 24.1 Å². The van der Waals surface area contributed by atoms with Crippen LogP contribution in [0.4, 0.5) is 14.9 Å². The van der Waals surface area contributed by atoms with Crippen LogP contribution in [0.25, 0.3) is 0 Å². The number of rotatable bonds is 2. The van der Waals surface area contributed by atoms with Crippen molar-refractivity contribution in [2.45, 2.75) is 12.8 Å². The minimum atomic E-state index is -0.533. The molecule has 18 heavy (non-hydrogen) atoms. The van der Waals surface area contributed by atoms with Gasteiger partial charge < -0.3 is 0 Å². The molecule has 0 atom stereocenters. The Labute approximate surface area is 109 Å². The number of imide groups is 1. The molecule has 1 aromatic rings. The van der Waals surface area contributed by atoms with E-state index in [1.165, 1.54) is 17.0 Å². The summed E-state index contributed by atoms with van der Waals surface area (Å²) in [5.41, 5.74) is 1.42. The van der Waals surface area contributed by atoms with Crippen molar-refractivity contribution < 1.29 is 14.0 Å². The Morgan fingerprint density at radius 1 is 1.44 bits per heavy atom. The molecule has 0 unspecified atom stereocenters. The van der Waals surface area contributed by atoms with Crippen LogP contribution in [0, 0.1) is 5.82 Å². The molecule has 4 nitrogen and oxygen atoms in total. The van der Waals surface area contributed by atoms with Crippen LogP contribution in [0.3, 0.4) is 0 Å². The number of hydrogen-bond donors (Lipinski definition) is 1. The standard InChI is InChI=1S/C12H12ClFN2O2/c13-5-3-11(17)15-12(18)16-6-4-8-1-2-9(14)7-10(8)16/h1-2,7H,3-6H2,(H,15,17,18). The third-order valence-corrected chi connectivity index (χ3v) is 2.94. The first-order valence-electron chi connectivity index (χ1n) is 5.57. The van der Waals surface area contributed by atoms with Crippen LogP contribution < -0.4 is 10.2 Å². The first-order valence-corrected chi connectivity index (χ1v) is 6.11.